The van der Waals surface area contributed by atoms with Gasteiger partial charge in [0.15, 0.2) is 0 Å². The van der Waals surface area contributed by atoms with Crippen LogP contribution in [0.2, 0.25) is 0 Å². The molecule has 1 rings (SSSR count). The van der Waals surface area contributed by atoms with Crippen LogP contribution in [-0.4, -0.2) is 29.2 Å². The molecule has 116 valence electrons. The number of aliphatic hydroxyl groups excluding tert-OH is 1. The molecule has 0 bridgehead atoms. The Labute approximate surface area is 130 Å². The summed E-state index contributed by atoms with van der Waals surface area (Å²) in [4.78, 5) is 2.60. The quantitative estimate of drug-likeness (QED) is 0.773. The van der Waals surface area contributed by atoms with Crippen molar-refractivity contribution in [2.24, 2.45) is 5.92 Å². The van der Waals surface area contributed by atoms with E-state index < -0.39 is 0 Å². The summed E-state index contributed by atoms with van der Waals surface area (Å²) < 4.78 is 0. The van der Waals surface area contributed by atoms with Crippen molar-refractivity contribution in [3.63, 3.8) is 0 Å². The van der Waals surface area contributed by atoms with Gasteiger partial charge in [-0.3, -0.25) is 4.90 Å². The summed E-state index contributed by atoms with van der Waals surface area (Å²) in [6.45, 7) is 11.2. The van der Waals surface area contributed by atoms with Crippen molar-refractivity contribution in [3.8, 4) is 11.8 Å². The van der Waals surface area contributed by atoms with Crippen LogP contribution in [0.4, 0.5) is 0 Å². The minimum Gasteiger partial charge on any atom is -0.384 e. The molecule has 0 aromatic heterocycles. The average Bonchev–Trinajstić information content (AvgIpc) is 2.47. The molecule has 0 heterocycles. The van der Waals surface area contributed by atoms with Crippen molar-refractivity contribution in [3.05, 3.63) is 35.4 Å². The predicted octanol–water partition coefficient (Wildman–Crippen LogP) is 3.68. The smallest absolute Gasteiger partial charge is 0.104 e. The fourth-order valence-electron chi connectivity index (χ4n) is 2.69. The Morgan fingerprint density at radius 1 is 1.10 bits per heavy atom. The average molecular weight is 287 g/mol. The third-order valence-electron chi connectivity index (χ3n) is 3.71. The van der Waals surface area contributed by atoms with Gasteiger partial charge in [0.1, 0.15) is 6.61 Å². The van der Waals surface area contributed by atoms with Gasteiger partial charge in [0.05, 0.1) is 0 Å². The molecule has 0 aliphatic carbocycles. The zero-order valence-corrected chi connectivity index (χ0v) is 13.9. The van der Waals surface area contributed by atoms with Gasteiger partial charge in [-0.2, -0.15) is 0 Å². The van der Waals surface area contributed by atoms with E-state index in [9.17, 15) is 0 Å². The molecule has 1 N–H and O–H groups in total. The first-order valence-electron chi connectivity index (χ1n) is 8.03. The SMILES string of the molecule is CCC(CC)N(Cc1ccc(C#CCO)cc1)CC(C)C. The number of rotatable bonds is 7. The molecule has 0 radical (unpaired) electrons. The second-order valence-electron chi connectivity index (χ2n) is 5.95. The number of hydrogen-bond acceptors (Lipinski definition) is 2. The van der Waals surface area contributed by atoms with Gasteiger partial charge in [-0.25, -0.2) is 0 Å². The lowest BCUT2D eigenvalue weighted by Gasteiger charge is -2.32. The lowest BCUT2D eigenvalue weighted by molar-refractivity contribution is 0.157. The summed E-state index contributed by atoms with van der Waals surface area (Å²) in [5.74, 6) is 6.30. The molecule has 0 unspecified atom stereocenters. The molecule has 0 aliphatic rings. The Balaban J connectivity index is 2.77. The van der Waals surface area contributed by atoms with Gasteiger partial charge >= 0.3 is 0 Å². The molecular weight excluding hydrogens is 258 g/mol. The topological polar surface area (TPSA) is 23.5 Å². The van der Waals surface area contributed by atoms with Crippen LogP contribution in [0.5, 0.6) is 0 Å². The molecule has 0 atom stereocenters. The second-order valence-corrected chi connectivity index (χ2v) is 5.95. The Morgan fingerprint density at radius 2 is 1.71 bits per heavy atom. The van der Waals surface area contributed by atoms with Gasteiger partial charge in [0, 0.05) is 24.7 Å². The van der Waals surface area contributed by atoms with Crippen molar-refractivity contribution in [2.75, 3.05) is 13.2 Å². The largest absolute Gasteiger partial charge is 0.384 e. The minimum absolute atomic E-state index is 0.0847. The maximum atomic E-state index is 8.72. The van der Waals surface area contributed by atoms with Crippen molar-refractivity contribution >= 4 is 0 Å². The van der Waals surface area contributed by atoms with Gasteiger partial charge in [0.25, 0.3) is 0 Å². The zero-order chi connectivity index (χ0) is 15.7. The van der Waals surface area contributed by atoms with E-state index in [1.807, 2.05) is 12.1 Å². The summed E-state index contributed by atoms with van der Waals surface area (Å²) >= 11 is 0. The van der Waals surface area contributed by atoms with Gasteiger partial charge in [0.2, 0.25) is 0 Å². The monoisotopic (exact) mass is 287 g/mol. The molecule has 0 amide bonds. The number of hydrogen-bond donors (Lipinski definition) is 1. The Hall–Kier alpha value is -1.30. The fourth-order valence-corrected chi connectivity index (χ4v) is 2.69. The predicted molar refractivity (Wildman–Crippen MR) is 90.0 cm³/mol. The Morgan fingerprint density at radius 3 is 2.19 bits per heavy atom. The maximum absolute atomic E-state index is 8.72. The van der Waals surface area contributed by atoms with Gasteiger partial charge in [-0.05, 0) is 36.5 Å². The third kappa shape index (κ3) is 6.33. The molecule has 2 heteroatoms. The molecular formula is C19H29NO. The number of aliphatic hydroxyl groups is 1. The molecule has 0 aliphatic heterocycles. The van der Waals surface area contributed by atoms with Crippen LogP contribution in [0, 0.1) is 17.8 Å². The maximum Gasteiger partial charge on any atom is 0.104 e. The second kappa shape index (κ2) is 9.60. The third-order valence-corrected chi connectivity index (χ3v) is 3.71. The van der Waals surface area contributed by atoms with Crippen molar-refractivity contribution in [1.82, 2.24) is 4.90 Å². The molecule has 1 aromatic rings. The zero-order valence-electron chi connectivity index (χ0n) is 13.9. The highest BCUT2D eigenvalue weighted by Crippen LogP contribution is 2.16. The lowest BCUT2D eigenvalue weighted by Crippen LogP contribution is -2.36. The first kappa shape index (κ1) is 17.8. The van der Waals surface area contributed by atoms with Crippen LogP contribution in [0.3, 0.4) is 0 Å². The normalized spacial score (nSPS) is 11.0. The van der Waals surface area contributed by atoms with E-state index in [1.54, 1.807) is 0 Å². The standard InChI is InChI=1S/C19H29NO/c1-5-19(6-2)20(14-16(3)4)15-18-11-9-17(10-12-18)8-7-13-21/h9-12,16,19,21H,5-6,13-15H2,1-4H3. The molecule has 0 saturated carbocycles. The van der Waals surface area contributed by atoms with Crippen LogP contribution in [0.25, 0.3) is 0 Å². The van der Waals surface area contributed by atoms with Crippen LogP contribution in [-0.2, 0) is 6.54 Å². The van der Waals surface area contributed by atoms with Crippen LogP contribution >= 0.6 is 0 Å². The summed E-state index contributed by atoms with van der Waals surface area (Å²) in [6.07, 6.45) is 2.40. The highest BCUT2D eigenvalue weighted by Gasteiger charge is 2.16. The summed E-state index contributed by atoms with van der Waals surface area (Å²) in [5, 5.41) is 8.72. The van der Waals surface area contributed by atoms with Crippen LogP contribution in [0.1, 0.15) is 51.7 Å². The Bertz CT molecular complexity index is 449. The summed E-state index contributed by atoms with van der Waals surface area (Å²) in [6, 6.07) is 9.03. The van der Waals surface area contributed by atoms with E-state index in [2.05, 4.69) is 56.6 Å². The lowest BCUT2D eigenvalue weighted by atomic mass is 10.1. The van der Waals surface area contributed by atoms with E-state index in [-0.39, 0.29) is 6.61 Å². The van der Waals surface area contributed by atoms with E-state index in [0.717, 1.165) is 18.7 Å². The first-order chi connectivity index (χ1) is 10.1. The molecule has 0 saturated heterocycles. The highest BCUT2D eigenvalue weighted by molar-refractivity contribution is 5.36. The summed E-state index contributed by atoms with van der Waals surface area (Å²) in [7, 11) is 0. The van der Waals surface area contributed by atoms with Crippen molar-refractivity contribution in [2.45, 2.75) is 53.1 Å². The number of nitrogens with zero attached hydrogens (tertiary/aromatic N) is 1. The van der Waals surface area contributed by atoms with E-state index in [4.69, 9.17) is 5.11 Å². The van der Waals surface area contributed by atoms with E-state index >= 15 is 0 Å². The van der Waals surface area contributed by atoms with Crippen LogP contribution < -0.4 is 0 Å². The molecule has 2 nitrogen and oxygen atoms in total. The van der Waals surface area contributed by atoms with Gasteiger partial charge in [-0.15, -0.1) is 0 Å². The highest BCUT2D eigenvalue weighted by atomic mass is 16.2. The van der Waals surface area contributed by atoms with E-state index in [1.165, 1.54) is 18.4 Å². The van der Waals surface area contributed by atoms with Crippen molar-refractivity contribution < 1.29 is 5.11 Å². The van der Waals surface area contributed by atoms with Crippen LogP contribution in [0.15, 0.2) is 24.3 Å². The minimum atomic E-state index is -0.0847. The van der Waals surface area contributed by atoms with Gasteiger partial charge in [-0.1, -0.05) is 51.7 Å². The molecule has 1 aromatic carbocycles. The fraction of sp³-hybridized carbons (Fsp3) is 0.579. The van der Waals surface area contributed by atoms with E-state index in [0.29, 0.717) is 12.0 Å². The molecule has 0 fully saturated rings. The number of benzene rings is 1. The summed E-state index contributed by atoms with van der Waals surface area (Å²) in [5.41, 5.74) is 2.29. The Kier molecular flexibility index (Phi) is 8.12. The van der Waals surface area contributed by atoms with Gasteiger partial charge < -0.3 is 5.11 Å². The molecule has 0 spiro atoms. The first-order valence-corrected chi connectivity index (χ1v) is 8.03. The molecule has 21 heavy (non-hydrogen) atoms. The van der Waals surface area contributed by atoms with Crippen molar-refractivity contribution in [1.29, 1.82) is 0 Å².